The van der Waals surface area contributed by atoms with Crippen LogP contribution in [-0.2, 0) is 11.2 Å². The molecule has 0 bridgehead atoms. The molecule has 2 rings (SSSR count). The van der Waals surface area contributed by atoms with E-state index in [2.05, 4.69) is 28.1 Å². The summed E-state index contributed by atoms with van der Waals surface area (Å²) in [6, 6.07) is 10.1. The lowest BCUT2D eigenvalue weighted by Gasteiger charge is -2.23. The standard InChI is InChI=1S/C13H19N3O/c17-13(12-10-14-8-9-15-12)16-7-6-11-4-2-1-3-5-11/h1-5,12,14-15H,6-10H2,(H,16,17). The molecule has 4 nitrogen and oxygen atoms in total. The van der Waals surface area contributed by atoms with Crippen LogP contribution in [0.4, 0.5) is 0 Å². The summed E-state index contributed by atoms with van der Waals surface area (Å²) in [6.45, 7) is 3.21. The van der Waals surface area contributed by atoms with Crippen LogP contribution in [0.5, 0.6) is 0 Å². The molecule has 0 aromatic heterocycles. The fourth-order valence-electron chi connectivity index (χ4n) is 1.94. The molecular formula is C13H19N3O. The molecule has 1 unspecified atom stereocenters. The Morgan fingerprint density at radius 1 is 1.29 bits per heavy atom. The van der Waals surface area contributed by atoms with Gasteiger partial charge in [-0.2, -0.15) is 0 Å². The summed E-state index contributed by atoms with van der Waals surface area (Å²) in [5.74, 6) is 0.0909. The number of hydrogen-bond donors (Lipinski definition) is 3. The molecule has 0 radical (unpaired) electrons. The predicted molar refractivity (Wildman–Crippen MR) is 67.8 cm³/mol. The third-order valence-corrected chi connectivity index (χ3v) is 2.91. The zero-order valence-corrected chi connectivity index (χ0v) is 9.91. The first-order valence-corrected chi connectivity index (χ1v) is 6.12. The maximum Gasteiger partial charge on any atom is 0.238 e. The van der Waals surface area contributed by atoms with Crippen molar-refractivity contribution in [1.82, 2.24) is 16.0 Å². The molecule has 92 valence electrons. The highest BCUT2D eigenvalue weighted by Crippen LogP contribution is 1.98. The van der Waals surface area contributed by atoms with Crippen molar-refractivity contribution < 1.29 is 4.79 Å². The van der Waals surface area contributed by atoms with E-state index in [9.17, 15) is 4.79 Å². The molecular weight excluding hydrogens is 214 g/mol. The molecule has 1 aliphatic heterocycles. The number of carbonyl (C=O) groups is 1. The number of piperazine rings is 1. The van der Waals surface area contributed by atoms with Gasteiger partial charge in [0.15, 0.2) is 0 Å². The molecule has 1 aromatic rings. The molecule has 0 aliphatic carbocycles. The van der Waals surface area contributed by atoms with Crippen LogP contribution in [-0.4, -0.2) is 38.1 Å². The molecule has 1 saturated heterocycles. The predicted octanol–water partition coefficient (Wildman–Crippen LogP) is -0.0933. The highest BCUT2D eigenvalue weighted by Gasteiger charge is 2.19. The highest BCUT2D eigenvalue weighted by atomic mass is 16.2. The van der Waals surface area contributed by atoms with Crippen LogP contribution < -0.4 is 16.0 Å². The van der Waals surface area contributed by atoms with Crippen molar-refractivity contribution in [3.05, 3.63) is 35.9 Å². The topological polar surface area (TPSA) is 53.2 Å². The summed E-state index contributed by atoms with van der Waals surface area (Å²) < 4.78 is 0. The minimum Gasteiger partial charge on any atom is -0.354 e. The molecule has 1 heterocycles. The maximum atomic E-state index is 11.8. The van der Waals surface area contributed by atoms with Crippen LogP contribution in [0.1, 0.15) is 5.56 Å². The van der Waals surface area contributed by atoms with Crippen molar-refractivity contribution in [2.24, 2.45) is 0 Å². The van der Waals surface area contributed by atoms with Crippen molar-refractivity contribution in [3.8, 4) is 0 Å². The third kappa shape index (κ3) is 3.84. The number of carbonyl (C=O) groups excluding carboxylic acids is 1. The van der Waals surface area contributed by atoms with Crippen molar-refractivity contribution >= 4 is 5.91 Å². The molecule has 3 N–H and O–H groups in total. The number of amides is 1. The van der Waals surface area contributed by atoms with Gasteiger partial charge >= 0.3 is 0 Å². The summed E-state index contributed by atoms with van der Waals surface area (Å²) in [4.78, 5) is 11.8. The zero-order valence-electron chi connectivity index (χ0n) is 9.91. The molecule has 1 amide bonds. The smallest absolute Gasteiger partial charge is 0.238 e. The van der Waals surface area contributed by atoms with Crippen LogP contribution >= 0.6 is 0 Å². The summed E-state index contributed by atoms with van der Waals surface area (Å²) >= 11 is 0. The monoisotopic (exact) mass is 233 g/mol. The molecule has 4 heteroatoms. The minimum absolute atomic E-state index is 0.0838. The van der Waals surface area contributed by atoms with Crippen LogP contribution in [0.3, 0.4) is 0 Å². The molecule has 1 atom stereocenters. The van der Waals surface area contributed by atoms with Gasteiger partial charge < -0.3 is 16.0 Å². The largest absolute Gasteiger partial charge is 0.354 e. The average molecular weight is 233 g/mol. The second-order valence-electron chi connectivity index (χ2n) is 4.24. The number of rotatable bonds is 4. The summed E-state index contributed by atoms with van der Waals surface area (Å²) in [5.41, 5.74) is 1.25. The van der Waals surface area contributed by atoms with Crippen molar-refractivity contribution in [2.75, 3.05) is 26.2 Å². The van der Waals surface area contributed by atoms with Gasteiger partial charge in [0.2, 0.25) is 5.91 Å². The SMILES string of the molecule is O=C(NCCc1ccccc1)C1CNCCN1. The van der Waals surface area contributed by atoms with Crippen molar-refractivity contribution in [2.45, 2.75) is 12.5 Å². The Labute approximate surface area is 102 Å². The quantitative estimate of drug-likeness (QED) is 0.681. The Balaban J connectivity index is 1.69. The van der Waals surface area contributed by atoms with Gasteiger partial charge in [-0.3, -0.25) is 4.79 Å². The van der Waals surface area contributed by atoms with Gasteiger partial charge in [-0.05, 0) is 12.0 Å². The van der Waals surface area contributed by atoms with Gasteiger partial charge in [-0.15, -0.1) is 0 Å². The zero-order chi connectivity index (χ0) is 11.9. The minimum atomic E-state index is -0.0838. The number of hydrogen-bond acceptors (Lipinski definition) is 3. The van der Waals surface area contributed by atoms with E-state index in [1.165, 1.54) is 5.56 Å². The molecule has 0 saturated carbocycles. The third-order valence-electron chi connectivity index (χ3n) is 2.91. The summed E-state index contributed by atoms with van der Waals surface area (Å²) in [6.07, 6.45) is 0.882. The first-order valence-electron chi connectivity index (χ1n) is 6.12. The summed E-state index contributed by atoms with van der Waals surface area (Å²) in [5, 5.41) is 9.35. The van der Waals surface area contributed by atoms with Crippen LogP contribution in [0, 0.1) is 0 Å². The second kappa shape index (κ2) is 6.37. The molecule has 1 aliphatic rings. The van der Waals surface area contributed by atoms with E-state index in [1.54, 1.807) is 0 Å². The fraction of sp³-hybridized carbons (Fsp3) is 0.462. The normalized spacial score (nSPS) is 19.9. The van der Waals surface area contributed by atoms with Gasteiger partial charge in [0, 0.05) is 26.2 Å². The van der Waals surface area contributed by atoms with Crippen molar-refractivity contribution in [3.63, 3.8) is 0 Å². The molecule has 0 spiro atoms. The van der Waals surface area contributed by atoms with Crippen LogP contribution in [0.15, 0.2) is 30.3 Å². The maximum absolute atomic E-state index is 11.8. The molecule has 17 heavy (non-hydrogen) atoms. The number of nitrogens with one attached hydrogen (secondary N) is 3. The van der Waals surface area contributed by atoms with E-state index in [0.29, 0.717) is 6.54 Å². The molecule has 1 aromatic carbocycles. The van der Waals surface area contributed by atoms with Gasteiger partial charge in [-0.25, -0.2) is 0 Å². The van der Waals surface area contributed by atoms with Gasteiger partial charge in [0.1, 0.15) is 0 Å². The first-order chi connectivity index (χ1) is 8.36. The Kier molecular flexibility index (Phi) is 4.53. The summed E-state index contributed by atoms with van der Waals surface area (Å²) in [7, 11) is 0. The van der Waals surface area contributed by atoms with Crippen molar-refractivity contribution in [1.29, 1.82) is 0 Å². The average Bonchev–Trinajstić information content (AvgIpc) is 2.41. The number of benzene rings is 1. The fourth-order valence-corrected chi connectivity index (χ4v) is 1.94. The van der Waals surface area contributed by atoms with E-state index in [1.807, 2.05) is 18.2 Å². The van der Waals surface area contributed by atoms with E-state index < -0.39 is 0 Å². The van der Waals surface area contributed by atoms with Gasteiger partial charge in [0.05, 0.1) is 6.04 Å². The highest BCUT2D eigenvalue weighted by molar-refractivity contribution is 5.82. The lowest BCUT2D eigenvalue weighted by molar-refractivity contribution is -0.123. The Morgan fingerprint density at radius 2 is 2.12 bits per heavy atom. The second-order valence-corrected chi connectivity index (χ2v) is 4.24. The lowest BCUT2D eigenvalue weighted by Crippen LogP contribution is -2.55. The van der Waals surface area contributed by atoms with E-state index in [0.717, 1.165) is 26.1 Å². The van der Waals surface area contributed by atoms with Gasteiger partial charge in [0.25, 0.3) is 0 Å². The van der Waals surface area contributed by atoms with Crippen LogP contribution in [0.25, 0.3) is 0 Å². The Morgan fingerprint density at radius 3 is 2.82 bits per heavy atom. The first kappa shape index (κ1) is 12.1. The van der Waals surface area contributed by atoms with E-state index in [4.69, 9.17) is 0 Å². The van der Waals surface area contributed by atoms with Gasteiger partial charge in [-0.1, -0.05) is 30.3 Å². The van der Waals surface area contributed by atoms with E-state index in [-0.39, 0.29) is 11.9 Å². The Hall–Kier alpha value is -1.39. The van der Waals surface area contributed by atoms with E-state index >= 15 is 0 Å². The molecule has 1 fully saturated rings. The van der Waals surface area contributed by atoms with Crippen LogP contribution in [0.2, 0.25) is 0 Å². The Bertz CT molecular complexity index is 347. The lowest BCUT2D eigenvalue weighted by atomic mass is 10.1.